The molecule has 0 unspecified atom stereocenters. The Morgan fingerprint density at radius 3 is 2.73 bits per heavy atom. The molecule has 0 radical (unpaired) electrons. The Morgan fingerprint density at radius 1 is 1.19 bits per heavy atom. The zero-order chi connectivity index (χ0) is 18.4. The fourth-order valence-corrected chi connectivity index (χ4v) is 3.22. The number of hydrogen-bond acceptors (Lipinski definition) is 6. The van der Waals surface area contributed by atoms with Crippen LogP contribution in [0.2, 0.25) is 0 Å². The van der Waals surface area contributed by atoms with E-state index in [4.69, 9.17) is 0 Å². The first-order valence-corrected chi connectivity index (χ1v) is 8.86. The molecule has 0 saturated carbocycles. The molecule has 1 aromatic heterocycles. The number of carbonyl (C=O) groups is 3. The lowest BCUT2D eigenvalue weighted by Crippen LogP contribution is -2.37. The summed E-state index contributed by atoms with van der Waals surface area (Å²) in [5, 5.41) is 9.81. The van der Waals surface area contributed by atoms with Gasteiger partial charge in [-0.05, 0) is 23.4 Å². The molecular formula is C17H17N5O3S. The Labute approximate surface area is 154 Å². The molecule has 1 aliphatic heterocycles. The van der Waals surface area contributed by atoms with Crippen molar-refractivity contribution in [2.75, 3.05) is 13.1 Å². The molecule has 2 heterocycles. The first kappa shape index (κ1) is 17.9. The lowest BCUT2D eigenvalue weighted by atomic mass is 10.2. The fraction of sp³-hybridized carbons (Fsp3) is 0.235. The van der Waals surface area contributed by atoms with Crippen molar-refractivity contribution in [3.05, 3.63) is 53.2 Å². The molecule has 9 heteroatoms. The van der Waals surface area contributed by atoms with E-state index < -0.39 is 0 Å². The number of thioether (sulfide) groups is 1. The number of imide groups is 1. The van der Waals surface area contributed by atoms with Crippen LogP contribution >= 0.6 is 11.8 Å². The zero-order valence-electron chi connectivity index (χ0n) is 13.9. The van der Waals surface area contributed by atoms with Gasteiger partial charge in [-0.3, -0.25) is 24.0 Å². The number of aromatic nitrogens is 3. The number of hydrogen-bond donors (Lipinski definition) is 1. The summed E-state index contributed by atoms with van der Waals surface area (Å²) in [5.74, 6) is -0.506. The number of nitrogens with zero attached hydrogens (tertiary/aromatic N) is 4. The lowest BCUT2D eigenvalue weighted by Gasteiger charge is -2.13. The monoisotopic (exact) mass is 371 g/mol. The van der Waals surface area contributed by atoms with E-state index >= 15 is 0 Å². The van der Waals surface area contributed by atoms with Gasteiger partial charge in [-0.1, -0.05) is 35.5 Å². The summed E-state index contributed by atoms with van der Waals surface area (Å²) >= 11 is 0.911. The minimum Gasteiger partial charge on any atom is -0.354 e. The number of amides is 3. The van der Waals surface area contributed by atoms with Gasteiger partial charge in [0.2, 0.25) is 5.91 Å². The number of benzene rings is 1. The third-order valence-corrected chi connectivity index (χ3v) is 4.58. The quantitative estimate of drug-likeness (QED) is 0.741. The molecule has 1 aliphatic rings. The maximum atomic E-state index is 12.4. The smallest absolute Gasteiger partial charge is 0.293 e. The average Bonchev–Trinajstić information content (AvgIpc) is 3.25. The minimum absolute atomic E-state index is 0.145. The summed E-state index contributed by atoms with van der Waals surface area (Å²) in [6.07, 6.45) is 5.16. The molecule has 0 atom stereocenters. The van der Waals surface area contributed by atoms with Crippen molar-refractivity contribution in [3.8, 4) is 0 Å². The van der Waals surface area contributed by atoms with Crippen molar-refractivity contribution in [2.45, 2.75) is 13.0 Å². The standard InChI is InChI=1S/C17H17N5O3S/c23-15(6-9-21-10-8-19-20-21)18-7-11-22-16(24)14(26-17(22)25)12-13-4-2-1-3-5-13/h1-5,8,10,12H,6-7,9,11H2,(H,18,23)/b14-12-. The summed E-state index contributed by atoms with van der Waals surface area (Å²) in [6, 6.07) is 9.34. The van der Waals surface area contributed by atoms with Crippen LogP contribution in [0.5, 0.6) is 0 Å². The predicted molar refractivity (Wildman–Crippen MR) is 96.8 cm³/mol. The van der Waals surface area contributed by atoms with Crippen LogP contribution in [0.25, 0.3) is 6.08 Å². The predicted octanol–water partition coefficient (Wildman–Crippen LogP) is 1.52. The number of rotatable bonds is 7. The van der Waals surface area contributed by atoms with Gasteiger partial charge in [0.1, 0.15) is 0 Å². The molecular weight excluding hydrogens is 354 g/mol. The first-order valence-electron chi connectivity index (χ1n) is 8.05. The van der Waals surface area contributed by atoms with E-state index in [1.165, 1.54) is 0 Å². The Hall–Kier alpha value is -2.94. The van der Waals surface area contributed by atoms with Crippen LogP contribution in [0, 0.1) is 0 Å². The summed E-state index contributed by atoms with van der Waals surface area (Å²) in [6.45, 7) is 0.784. The van der Waals surface area contributed by atoms with E-state index in [-0.39, 0.29) is 36.6 Å². The highest BCUT2D eigenvalue weighted by Gasteiger charge is 2.34. The molecule has 26 heavy (non-hydrogen) atoms. The number of nitrogens with one attached hydrogen (secondary N) is 1. The van der Waals surface area contributed by atoms with Gasteiger partial charge >= 0.3 is 0 Å². The summed E-state index contributed by atoms with van der Waals surface area (Å²) < 4.78 is 1.56. The first-order chi connectivity index (χ1) is 12.6. The van der Waals surface area contributed by atoms with Gasteiger partial charge < -0.3 is 5.32 Å². The van der Waals surface area contributed by atoms with E-state index in [2.05, 4.69) is 15.6 Å². The second-order valence-corrected chi connectivity index (χ2v) is 6.50. The molecule has 8 nitrogen and oxygen atoms in total. The van der Waals surface area contributed by atoms with E-state index in [0.717, 1.165) is 22.2 Å². The molecule has 0 spiro atoms. The molecule has 0 aliphatic carbocycles. The zero-order valence-corrected chi connectivity index (χ0v) is 14.7. The van der Waals surface area contributed by atoms with Crippen LogP contribution in [-0.4, -0.2) is 50.0 Å². The fourth-order valence-electron chi connectivity index (χ4n) is 2.36. The van der Waals surface area contributed by atoms with Gasteiger partial charge in [0.25, 0.3) is 11.1 Å². The molecule has 0 bridgehead atoms. The molecule has 1 N–H and O–H groups in total. The van der Waals surface area contributed by atoms with Crippen LogP contribution in [0.3, 0.4) is 0 Å². The summed E-state index contributed by atoms with van der Waals surface area (Å²) in [4.78, 5) is 37.7. The Morgan fingerprint density at radius 2 is 2.00 bits per heavy atom. The van der Waals surface area contributed by atoms with E-state index in [1.54, 1.807) is 23.2 Å². The second-order valence-electron chi connectivity index (χ2n) is 5.51. The van der Waals surface area contributed by atoms with Crippen molar-refractivity contribution in [1.82, 2.24) is 25.2 Å². The van der Waals surface area contributed by atoms with Gasteiger partial charge in [0.15, 0.2) is 0 Å². The molecule has 2 aromatic rings. The second kappa shape index (κ2) is 8.43. The highest BCUT2D eigenvalue weighted by Crippen LogP contribution is 2.31. The van der Waals surface area contributed by atoms with Gasteiger partial charge in [-0.2, -0.15) is 0 Å². The van der Waals surface area contributed by atoms with Crippen molar-refractivity contribution in [2.24, 2.45) is 0 Å². The molecule has 1 saturated heterocycles. The van der Waals surface area contributed by atoms with Crippen molar-refractivity contribution < 1.29 is 14.4 Å². The van der Waals surface area contributed by atoms with Crippen LogP contribution in [0.1, 0.15) is 12.0 Å². The van der Waals surface area contributed by atoms with Gasteiger partial charge in [0, 0.05) is 25.7 Å². The maximum Gasteiger partial charge on any atom is 0.293 e. The van der Waals surface area contributed by atoms with Crippen molar-refractivity contribution >= 4 is 34.9 Å². The van der Waals surface area contributed by atoms with Crippen LogP contribution in [0.15, 0.2) is 47.6 Å². The Bertz CT molecular complexity index is 820. The largest absolute Gasteiger partial charge is 0.354 e. The SMILES string of the molecule is O=C(CCn1ccnn1)NCCN1C(=O)S/C(=C\c2ccccc2)C1=O. The number of carbonyl (C=O) groups excluding carboxylic acids is 3. The van der Waals surface area contributed by atoms with Gasteiger partial charge in [-0.25, -0.2) is 0 Å². The molecule has 134 valence electrons. The number of aryl methyl sites for hydroxylation is 1. The Balaban J connectivity index is 1.47. The highest BCUT2D eigenvalue weighted by molar-refractivity contribution is 8.18. The van der Waals surface area contributed by atoms with Crippen LogP contribution in [0.4, 0.5) is 4.79 Å². The highest BCUT2D eigenvalue weighted by atomic mass is 32.2. The average molecular weight is 371 g/mol. The Kier molecular flexibility index (Phi) is 5.80. The molecule has 3 amide bonds. The van der Waals surface area contributed by atoms with E-state index in [9.17, 15) is 14.4 Å². The molecule has 1 fully saturated rings. The third kappa shape index (κ3) is 4.57. The topological polar surface area (TPSA) is 97.2 Å². The molecule has 3 rings (SSSR count). The lowest BCUT2D eigenvalue weighted by molar-refractivity contribution is -0.124. The van der Waals surface area contributed by atoms with Crippen molar-refractivity contribution in [3.63, 3.8) is 0 Å². The van der Waals surface area contributed by atoms with Crippen LogP contribution in [-0.2, 0) is 16.1 Å². The van der Waals surface area contributed by atoms with E-state index in [1.807, 2.05) is 30.3 Å². The normalized spacial score (nSPS) is 15.7. The maximum absolute atomic E-state index is 12.4. The van der Waals surface area contributed by atoms with Gasteiger partial charge in [0.05, 0.1) is 17.6 Å². The minimum atomic E-state index is -0.333. The summed E-state index contributed by atoms with van der Waals surface area (Å²) in [7, 11) is 0. The van der Waals surface area contributed by atoms with Crippen molar-refractivity contribution in [1.29, 1.82) is 0 Å². The van der Waals surface area contributed by atoms with E-state index in [0.29, 0.717) is 11.4 Å². The molecule has 1 aromatic carbocycles. The van der Waals surface area contributed by atoms with Gasteiger partial charge in [-0.15, -0.1) is 5.10 Å². The summed E-state index contributed by atoms with van der Waals surface area (Å²) in [5.41, 5.74) is 0.861. The van der Waals surface area contributed by atoms with Crippen LogP contribution < -0.4 is 5.32 Å². The third-order valence-electron chi connectivity index (χ3n) is 3.67.